The predicted molar refractivity (Wildman–Crippen MR) is 83.0 cm³/mol. The fraction of sp³-hybridized carbons (Fsp3) is 0.647. The maximum Gasteiger partial charge on any atom is 0.220 e. The van der Waals surface area contributed by atoms with Crippen molar-refractivity contribution in [1.82, 2.24) is 15.1 Å². The molecule has 6 heteroatoms. The predicted octanol–water partition coefficient (Wildman–Crippen LogP) is 2.67. The Labute approximate surface area is 135 Å². The van der Waals surface area contributed by atoms with E-state index in [9.17, 15) is 0 Å². The van der Waals surface area contributed by atoms with Gasteiger partial charge >= 0.3 is 0 Å². The highest BCUT2D eigenvalue weighted by Gasteiger charge is 2.41. The van der Waals surface area contributed by atoms with Crippen LogP contribution >= 0.6 is 0 Å². The molecule has 0 aliphatic carbocycles. The van der Waals surface area contributed by atoms with E-state index >= 15 is 0 Å². The summed E-state index contributed by atoms with van der Waals surface area (Å²) in [6.45, 7) is 7.49. The van der Waals surface area contributed by atoms with Crippen LogP contribution in [0.15, 0.2) is 21.0 Å². The average molecular weight is 317 g/mol. The van der Waals surface area contributed by atoms with Crippen molar-refractivity contribution in [3.63, 3.8) is 0 Å². The lowest BCUT2D eigenvalue weighted by Gasteiger charge is -2.43. The zero-order chi connectivity index (χ0) is 15.8. The molecule has 2 aliphatic rings. The molecule has 23 heavy (non-hydrogen) atoms. The molecule has 6 nitrogen and oxygen atoms in total. The zero-order valence-electron chi connectivity index (χ0n) is 13.7. The summed E-state index contributed by atoms with van der Waals surface area (Å²) in [6, 6.07) is 4.09. The largest absolute Gasteiger partial charge is 0.465 e. The van der Waals surface area contributed by atoms with Crippen LogP contribution in [0.25, 0.3) is 0 Å². The molecule has 0 unspecified atom stereocenters. The summed E-state index contributed by atoms with van der Waals surface area (Å²) in [5.74, 6) is 4.13. The molecular weight excluding hydrogens is 294 g/mol. The number of hydrogen-bond donors (Lipinski definition) is 0. The Morgan fingerprint density at radius 2 is 2.09 bits per heavy atom. The van der Waals surface area contributed by atoms with Crippen LogP contribution < -0.4 is 0 Å². The molecular formula is C17H23N3O3. The van der Waals surface area contributed by atoms with Gasteiger partial charge in [0, 0.05) is 38.5 Å². The van der Waals surface area contributed by atoms with Gasteiger partial charge < -0.3 is 13.6 Å². The first-order valence-corrected chi connectivity index (χ1v) is 8.38. The van der Waals surface area contributed by atoms with Gasteiger partial charge in [0.1, 0.15) is 11.5 Å². The summed E-state index contributed by atoms with van der Waals surface area (Å²) in [5.41, 5.74) is 0. The maximum absolute atomic E-state index is 6.00. The number of aromatic nitrogens is 2. The summed E-state index contributed by atoms with van der Waals surface area (Å²) in [6.07, 6.45) is 2.31. The minimum Gasteiger partial charge on any atom is -0.465 e. The lowest BCUT2D eigenvalue weighted by molar-refractivity contribution is -0.0827. The quantitative estimate of drug-likeness (QED) is 0.867. The van der Waals surface area contributed by atoms with Crippen LogP contribution in [-0.2, 0) is 11.3 Å². The third kappa shape index (κ3) is 3.05. The number of hydrogen-bond acceptors (Lipinski definition) is 6. The van der Waals surface area contributed by atoms with Crippen LogP contribution in [0.1, 0.15) is 42.1 Å². The van der Waals surface area contributed by atoms with Crippen molar-refractivity contribution in [2.45, 2.75) is 45.3 Å². The molecule has 2 fully saturated rings. The number of nitrogens with zero attached hydrogens (tertiary/aromatic N) is 3. The van der Waals surface area contributed by atoms with Gasteiger partial charge in [0.05, 0.1) is 12.6 Å². The molecule has 4 heterocycles. The normalized spacial score (nSPS) is 28.7. The average Bonchev–Trinajstić information content (AvgIpc) is 3.15. The van der Waals surface area contributed by atoms with E-state index in [1.54, 1.807) is 0 Å². The highest BCUT2D eigenvalue weighted by molar-refractivity contribution is 5.07. The Hall–Kier alpha value is -1.66. The minimum atomic E-state index is 0.301. The van der Waals surface area contributed by atoms with Gasteiger partial charge in [0.15, 0.2) is 0 Å². The molecule has 0 bridgehead atoms. The second-order valence-corrected chi connectivity index (χ2v) is 6.66. The molecule has 124 valence electrons. The Morgan fingerprint density at radius 3 is 2.83 bits per heavy atom. The molecule has 0 radical (unpaired) electrons. The Balaban J connectivity index is 1.49. The van der Waals surface area contributed by atoms with Crippen molar-refractivity contribution < 1.29 is 13.6 Å². The van der Waals surface area contributed by atoms with E-state index in [1.807, 2.05) is 19.9 Å². The molecule has 2 saturated heterocycles. The van der Waals surface area contributed by atoms with E-state index in [0.29, 0.717) is 23.8 Å². The molecule has 4 rings (SSSR count). The van der Waals surface area contributed by atoms with Gasteiger partial charge in [0.2, 0.25) is 11.8 Å². The SMILES string of the molecule is Cc1ccc(CN2CC[C@@H]3OCC[C@H](c4nnc(C)o4)[C@@H]3C2)o1. The first-order valence-electron chi connectivity index (χ1n) is 8.38. The first kappa shape index (κ1) is 14.9. The Bertz CT molecular complexity index is 666. The van der Waals surface area contributed by atoms with Gasteiger partial charge in [-0.15, -0.1) is 10.2 Å². The number of furan rings is 1. The second kappa shape index (κ2) is 6.09. The summed E-state index contributed by atoms with van der Waals surface area (Å²) in [5, 5.41) is 8.27. The van der Waals surface area contributed by atoms with Gasteiger partial charge in [0.25, 0.3) is 0 Å². The van der Waals surface area contributed by atoms with Gasteiger partial charge in [-0.1, -0.05) is 0 Å². The van der Waals surface area contributed by atoms with E-state index in [2.05, 4.69) is 21.2 Å². The second-order valence-electron chi connectivity index (χ2n) is 6.66. The molecule has 0 saturated carbocycles. The van der Waals surface area contributed by atoms with E-state index in [4.69, 9.17) is 13.6 Å². The van der Waals surface area contributed by atoms with Crippen molar-refractivity contribution in [3.8, 4) is 0 Å². The van der Waals surface area contributed by atoms with E-state index in [0.717, 1.165) is 56.5 Å². The molecule has 2 aromatic heterocycles. The number of piperidine rings is 1. The van der Waals surface area contributed by atoms with Crippen molar-refractivity contribution in [1.29, 1.82) is 0 Å². The van der Waals surface area contributed by atoms with Gasteiger partial charge in [-0.3, -0.25) is 4.90 Å². The van der Waals surface area contributed by atoms with Gasteiger partial charge in [-0.25, -0.2) is 0 Å². The zero-order valence-corrected chi connectivity index (χ0v) is 13.7. The number of rotatable bonds is 3. The molecule has 0 spiro atoms. The Morgan fingerprint density at radius 1 is 1.17 bits per heavy atom. The lowest BCUT2D eigenvalue weighted by atomic mass is 9.79. The van der Waals surface area contributed by atoms with Crippen molar-refractivity contribution in [2.75, 3.05) is 19.7 Å². The summed E-state index contributed by atoms with van der Waals surface area (Å²) < 4.78 is 17.4. The van der Waals surface area contributed by atoms with Crippen molar-refractivity contribution >= 4 is 0 Å². The third-order valence-corrected chi connectivity index (χ3v) is 4.99. The number of ether oxygens (including phenoxy) is 1. The van der Waals surface area contributed by atoms with Crippen LogP contribution in [0.5, 0.6) is 0 Å². The summed E-state index contributed by atoms with van der Waals surface area (Å²) >= 11 is 0. The van der Waals surface area contributed by atoms with Crippen LogP contribution in [-0.4, -0.2) is 40.9 Å². The lowest BCUT2D eigenvalue weighted by Crippen LogP contribution is -2.48. The summed E-state index contributed by atoms with van der Waals surface area (Å²) in [4.78, 5) is 2.45. The fourth-order valence-corrected chi connectivity index (χ4v) is 3.89. The number of likely N-dealkylation sites (tertiary alicyclic amines) is 1. The molecule has 2 aliphatic heterocycles. The van der Waals surface area contributed by atoms with Gasteiger partial charge in [-0.05, 0) is 31.9 Å². The highest BCUT2D eigenvalue weighted by atomic mass is 16.5. The molecule has 0 N–H and O–H groups in total. The van der Waals surface area contributed by atoms with Crippen LogP contribution in [0.3, 0.4) is 0 Å². The smallest absolute Gasteiger partial charge is 0.220 e. The first-order chi connectivity index (χ1) is 11.2. The van der Waals surface area contributed by atoms with E-state index in [1.165, 1.54) is 0 Å². The van der Waals surface area contributed by atoms with E-state index in [-0.39, 0.29) is 0 Å². The maximum atomic E-state index is 6.00. The third-order valence-electron chi connectivity index (χ3n) is 4.99. The van der Waals surface area contributed by atoms with Crippen molar-refractivity contribution in [2.24, 2.45) is 5.92 Å². The molecule has 0 amide bonds. The van der Waals surface area contributed by atoms with E-state index < -0.39 is 0 Å². The molecule has 0 aromatic carbocycles. The Kier molecular flexibility index (Phi) is 3.95. The van der Waals surface area contributed by atoms with Gasteiger partial charge in [-0.2, -0.15) is 0 Å². The van der Waals surface area contributed by atoms with Crippen LogP contribution in [0.2, 0.25) is 0 Å². The topological polar surface area (TPSA) is 64.5 Å². The highest BCUT2D eigenvalue weighted by Crippen LogP contribution is 2.39. The standard InChI is InChI=1S/C17H23N3O3/c1-11-3-4-13(22-11)9-20-7-5-16-15(10-20)14(6-8-21-16)17-19-18-12(2)23-17/h3-4,14-16H,5-10H2,1-2H3/t14-,15-,16-/m0/s1. The fourth-order valence-electron chi connectivity index (χ4n) is 3.89. The molecule has 3 atom stereocenters. The molecule has 2 aromatic rings. The van der Waals surface area contributed by atoms with Crippen LogP contribution in [0, 0.1) is 19.8 Å². The number of fused-ring (bicyclic) bond motifs is 1. The number of aryl methyl sites for hydroxylation is 2. The van der Waals surface area contributed by atoms with Crippen LogP contribution in [0.4, 0.5) is 0 Å². The van der Waals surface area contributed by atoms with Crippen molar-refractivity contribution in [3.05, 3.63) is 35.4 Å². The monoisotopic (exact) mass is 317 g/mol. The minimum absolute atomic E-state index is 0.301. The summed E-state index contributed by atoms with van der Waals surface area (Å²) in [7, 11) is 0.